The van der Waals surface area contributed by atoms with Crippen LogP contribution in [0.2, 0.25) is 5.02 Å². The first-order chi connectivity index (χ1) is 16.9. The van der Waals surface area contributed by atoms with E-state index in [0.29, 0.717) is 17.1 Å². The van der Waals surface area contributed by atoms with Crippen LogP contribution in [0, 0.1) is 11.8 Å². The topological polar surface area (TPSA) is 95.9 Å². The van der Waals surface area contributed by atoms with Gasteiger partial charge in [-0.15, -0.1) is 11.8 Å². The lowest BCUT2D eigenvalue weighted by molar-refractivity contribution is -0.154. The van der Waals surface area contributed by atoms with Crippen molar-refractivity contribution in [3.8, 4) is 0 Å². The molecule has 3 heterocycles. The number of aliphatic hydroxyl groups is 1. The van der Waals surface area contributed by atoms with Gasteiger partial charge in [0.15, 0.2) is 0 Å². The van der Waals surface area contributed by atoms with E-state index in [1.54, 1.807) is 43.0 Å². The molecule has 3 fully saturated rings. The summed E-state index contributed by atoms with van der Waals surface area (Å²) in [7, 11) is 0. The molecule has 2 aromatic rings. The summed E-state index contributed by atoms with van der Waals surface area (Å²) in [6.45, 7) is 1.63. The molecule has 2 N–H and O–H groups in total. The van der Waals surface area contributed by atoms with E-state index in [9.17, 15) is 19.5 Å². The maximum Gasteiger partial charge on any atom is 0.310 e. The van der Waals surface area contributed by atoms with Gasteiger partial charge in [-0.3, -0.25) is 14.4 Å². The number of hydrogen-bond donors (Lipinski definition) is 2. The van der Waals surface area contributed by atoms with Crippen molar-refractivity contribution in [3.05, 3.63) is 65.2 Å². The summed E-state index contributed by atoms with van der Waals surface area (Å²) >= 11 is 7.56. The average molecular weight is 515 g/mol. The quantitative estimate of drug-likeness (QED) is 0.547. The number of aliphatic hydroxyl groups excluding tert-OH is 1. The fourth-order valence-electron chi connectivity index (χ4n) is 6.01. The van der Waals surface area contributed by atoms with Crippen LogP contribution in [0.1, 0.15) is 31.4 Å². The Bertz CT molecular complexity index is 1130. The second kappa shape index (κ2) is 9.48. The molecular weight excluding hydrogens is 488 g/mol. The molecule has 3 saturated heterocycles. The number of carbonyl (C=O) groups excluding carboxylic acids is 3. The molecule has 184 valence electrons. The molecule has 3 aliphatic rings. The lowest BCUT2D eigenvalue weighted by Crippen LogP contribution is -2.52. The largest absolute Gasteiger partial charge is 0.466 e. The Balaban J connectivity index is 1.57. The maximum absolute atomic E-state index is 14.1. The number of esters is 1. The number of halogens is 1. The Labute approximate surface area is 213 Å². The average Bonchev–Trinajstić information content (AvgIpc) is 3.50. The lowest BCUT2D eigenvalue weighted by atomic mass is 9.71. The fourth-order valence-corrected chi connectivity index (χ4v) is 8.33. The minimum Gasteiger partial charge on any atom is -0.466 e. The molecule has 9 heteroatoms. The third kappa shape index (κ3) is 3.92. The Hall–Kier alpha value is -2.55. The first-order valence-corrected chi connectivity index (χ1v) is 13.1. The van der Waals surface area contributed by atoms with E-state index in [4.69, 9.17) is 16.3 Å². The van der Waals surface area contributed by atoms with Crippen molar-refractivity contribution in [2.45, 2.75) is 41.8 Å². The molecule has 0 saturated carbocycles. The van der Waals surface area contributed by atoms with E-state index < -0.39 is 28.7 Å². The van der Waals surface area contributed by atoms with Crippen LogP contribution >= 0.6 is 23.4 Å². The SMILES string of the molecule is CCOC(=O)[C@@H]1[C@H]2C(=O)N([C@H](CO)c3ccccc3)C(C(=O)Nc3ccc(Cl)cc3)C23CC[C@H]1S3. The van der Waals surface area contributed by atoms with Crippen LogP contribution in [0.25, 0.3) is 0 Å². The highest BCUT2D eigenvalue weighted by Crippen LogP contribution is 2.67. The van der Waals surface area contributed by atoms with Gasteiger partial charge in [0, 0.05) is 16.0 Å². The number of nitrogens with one attached hydrogen (secondary N) is 1. The minimum atomic E-state index is -0.859. The van der Waals surface area contributed by atoms with Crippen molar-refractivity contribution in [1.82, 2.24) is 4.90 Å². The van der Waals surface area contributed by atoms with Gasteiger partial charge in [-0.25, -0.2) is 0 Å². The van der Waals surface area contributed by atoms with Crippen LogP contribution in [0.5, 0.6) is 0 Å². The number of carbonyl (C=O) groups is 3. The van der Waals surface area contributed by atoms with Crippen LogP contribution in [0.4, 0.5) is 5.69 Å². The molecule has 2 aromatic carbocycles. The number of benzene rings is 2. The van der Waals surface area contributed by atoms with Gasteiger partial charge >= 0.3 is 5.97 Å². The Morgan fingerprint density at radius 1 is 1.23 bits per heavy atom. The van der Waals surface area contributed by atoms with Gasteiger partial charge in [-0.1, -0.05) is 41.9 Å². The summed E-state index contributed by atoms with van der Waals surface area (Å²) in [6, 6.07) is 14.4. The van der Waals surface area contributed by atoms with Crippen molar-refractivity contribution >= 4 is 46.8 Å². The second-order valence-corrected chi connectivity index (χ2v) is 11.2. The van der Waals surface area contributed by atoms with Gasteiger partial charge in [-0.05, 0) is 49.6 Å². The Morgan fingerprint density at radius 2 is 1.94 bits per heavy atom. The van der Waals surface area contributed by atoms with Crippen LogP contribution in [0.15, 0.2) is 54.6 Å². The van der Waals surface area contributed by atoms with Gasteiger partial charge < -0.3 is 20.1 Å². The maximum atomic E-state index is 14.1. The van der Waals surface area contributed by atoms with E-state index in [-0.39, 0.29) is 36.2 Å². The predicted molar refractivity (Wildman–Crippen MR) is 134 cm³/mol. The zero-order valence-electron chi connectivity index (χ0n) is 19.2. The number of likely N-dealkylation sites (tertiary alicyclic amines) is 1. The summed E-state index contributed by atoms with van der Waals surface area (Å²) in [5.41, 5.74) is 1.29. The first-order valence-electron chi connectivity index (χ1n) is 11.8. The number of thioether (sulfide) groups is 1. The molecule has 2 bridgehead atoms. The van der Waals surface area contributed by atoms with E-state index in [0.717, 1.165) is 12.0 Å². The number of nitrogens with zero attached hydrogens (tertiary/aromatic N) is 1. The third-order valence-electron chi connectivity index (χ3n) is 7.35. The van der Waals surface area contributed by atoms with Crippen molar-refractivity contribution in [2.75, 3.05) is 18.5 Å². The van der Waals surface area contributed by atoms with E-state index in [2.05, 4.69) is 5.32 Å². The van der Waals surface area contributed by atoms with Gasteiger partial charge in [-0.2, -0.15) is 0 Å². The Kier molecular flexibility index (Phi) is 6.55. The van der Waals surface area contributed by atoms with Gasteiger partial charge in [0.25, 0.3) is 0 Å². The van der Waals surface area contributed by atoms with Crippen molar-refractivity contribution in [2.24, 2.45) is 11.8 Å². The predicted octanol–water partition coefficient (Wildman–Crippen LogP) is 3.67. The molecule has 2 unspecified atom stereocenters. The fraction of sp³-hybridized carbons (Fsp3) is 0.423. The van der Waals surface area contributed by atoms with Crippen molar-refractivity contribution in [3.63, 3.8) is 0 Å². The second-order valence-electron chi connectivity index (χ2n) is 9.16. The van der Waals surface area contributed by atoms with Gasteiger partial charge in [0.05, 0.1) is 35.8 Å². The molecule has 3 aliphatic heterocycles. The smallest absolute Gasteiger partial charge is 0.310 e. The molecule has 2 amide bonds. The van der Waals surface area contributed by atoms with Crippen LogP contribution in [-0.2, 0) is 19.1 Å². The highest BCUT2D eigenvalue weighted by molar-refractivity contribution is 8.02. The summed E-state index contributed by atoms with van der Waals surface area (Å²) in [5, 5.41) is 13.9. The number of ether oxygens (including phenoxy) is 1. The minimum absolute atomic E-state index is 0.0692. The summed E-state index contributed by atoms with van der Waals surface area (Å²) in [4.78, 5) is 42.4. The van der Waals surface area contributed by atoms with Crippen molar-refractivity contribution in [1.29, 1.82) is 0 Å². The van der Waals surface area contributed by atoms with Crippen LogP contribution in [0.3, 0.4) is 0 Å². The molecule has 7 nitrogen and oxygen atoms in total. The van der Waals surface area contributed by atoms with E-state index in [1.165, 1.54) is 4.90 Å². The molecule has 0 radical (unpaired) electrons. The zero-order chi connectivity index (χ0) is 24.7. The van der Waals surface area contributed by atoms with Crippen molar-refractivity contribution < 1.29 is 24.2 Å². The number of rotatable bonds is 7. The zero-order valence-corrected chi connectivity index (χ0v) is 20.8. The number of anilines is 1. The van der Waals surface area contributed by atoms with Gasteiger partial charge in [0.1, 0.15) is 6.04 Å². The molecule has 1 spiro atoms. The number of amides is 2. The molecule has 0 aliphatic carbocycles. The third-order valence-corrected chi connectivity index (χ3v) is 9.55. The Morgan fingerprint density at radius 3 is 2.60 bits per heavy atom. The highest BCUT2D eigenvalue weighted by atomic mass is 35.5. The standard InChI is InChI=1S/C26H27ClN2O5S/c1-2-34-25(33)20-19-12-13-26(35-19)21(20)24(32)29(18(14-30)15-6-4-3-5-7-15)22(26)23(31)28-17-10-8-16(27)9-11-17/h3-11,18-22,30H,2,12-14H2,1H3,(H,28,31)/t18-,19-,20+,21+,22?,26?/m1/s1. The lowest BCUT2D eigenvalue weighted by Gasteiger charge is -2.37. The van der Waals surface area contributed by atoms with Gasteiger partial charge in [0.2, 0.25) is 11.8 Å². The van der Waals surface area contributed by atoms with Crippen LogP contribution < -0.4 is 5.32 Å². The summed E-state index contributed by atoms with van der Waals surface area (Å²) in [5.74, 6) is -2.29. The number of fused-ring (bicyclic) bond motifs is 1. The normalized spacial score (nSPS) is 29.7. The van der Waals surface area contributed by atoms with Crippen LogP contribution in [-0.4, -0.2) is 57.0 Å². The van der Waals surface area contributed by atoms with E-state index >= 15 is 0 Å². The summed E-state index contributed by atoms with van der Waals surface area (Å²) < 4.78 is 4.59. The molecule has 35 heavy (non-hydrogen) atoms. The number of hydrogen-bond acceptors (Lipinski definition) is 6. The van der Waals surface area contributed by atoms with E-state index in [1.807, 2.05) is 30.3 Å². The molecule has 6 atom stereocenters. The summed E-state index contributed by atoms with van der Waals surface area (Å²) in [6.07, 6.45) is 1.36. The highest BCUT2D eigenvalue weighted by Gasteiger charge is 2.74. The monoisotopic (exact) mass is 514 g/mol. The molecule has 0 aromatic heterocycles. The molecular formula is C26H27ClN2O5S. The first kappa shape index (κ1) is 24.2. The molecule has 5 rings (SSSR count).